The van der Waals surface area contributed by atoms with Crippen LogP contribution in [0.4, 0.5) is 22.0 Å². The number of halogens is 5. The molecule has 0 radical (unpaired) electrons. The molecule has 2 fully saturated rings. The number of hydrogen-bond donors (Lipinski definition) is 2. The van der Waals surface area contributed by atoms with E-state index in [0.717, 1.165) is 19.8 Å². The van der Waals surface area contributed by atoms with Crippen LogP contribution in [0.3, 0.4) is 0 Å². The molecule has 3 aromatic heterocycles. The molecule has 1 unspecified atom stereocenters. The highest BCUT2D eigenvalue weighted by molar-refractivity contribution is 5.91. The van der Waals surface area contributed by atoms with Crippen LogP contribution in [0, 0.1) is 17.8 Å². The fourth-order valence-corrected chi connectivity index (χ4v) is 5.54. The Morgan fingerprint density at radius 3 is 2.26 bits per heavy atom. The zero-order valence-electron chi connectivity index (χ0n) is 24.1. The van der Waals surface area contributed by atoms with Crippen LogP contribution in [0.2, 0.25) is 0 Å². The molecular weight excluding hydrogens is 575 g/mol. The van der Waals surface area contributed by atoms with Crippen LogP contribution in [-0.2, 0) is 4.79 Å². The van der Waals surface area contributed by atoms with Gasteiger partial charge in [-0.1, -0.05) is 6.92 Å². The Labute approximate surface area is 244 Å². The minimum absolute atomic E-state index is 0.0452. The van der Waals surface area contributed by atoms with E-state index >= 15 is 0 Å². The third-order valence-corrected chi connectivity index (χ3v) is 8.25. The van der Waals surface area contributed by atoms with Crippen molar-refractivity contribution in [1.82, 2.24) is 39.8 Å². The third kappa shape index (κ3) is 7.12. The largest absolute Gasteiger partial charge is 0.392 e. The normalized spacial score (nSPS) is 19.7. The summed E-state index contributed by atoms with van der Waals surface area (Å²) in [4.78, 5) is 39.2. The van der Waals surface area contributed by atoms with E-state index in [2.05, 4.69) is 30.7 Å². The fourth-order valence-electron chi connectivity index (χ4n) is 5.54. The molecule has 3 atom stereocenters. The van der Waals surface area contributed by atoms with Crippen LogP contribution >= 0.6 is 0 Å². The summed E-state index contributed by atoms with van der Waals surface area (Å²) in [5, 5.41) is 9.78. The van der Waals surface area contributed by atoms with Crippen molar-refractivity contribution in [3.8, 4) is 0 Å². The Balaban J connectivity index is 1.41. The quantitative estimate of drug-likeness (QED) is 0.299. The van der Waals surface area contributed by atoms with Crippen molar-refractivity contribution in [2.75, 3.05) is 0 Å². The lowest BCUT2D eigenvalue weighted by Crippen LogP contribution is -2.38. The van der Waals surface area contributed by atoms with Gasteiger partial charge in [0.2, 0.25) is 23.4 Å². The smallest absolute Gasteiger partial charge is 0.347 e. The van der Waals surface area contributed by atoms with Gasteiger partial charge in [0.15, 0.2) is 0 Å². The maximum Gasteiger partial charge on any atom is 0.392 e. The van der Waals surface area contributed by atoms with Gasteiger partial charge in [0.25, 0.3) is 5.91 Å². The first kappa shape index (κ1) is 30.8. The van der Waals surface area contributed by atoms with Gasteiger partial charge < -0.3 is 10.6 Å². The maximum atomic E-state index is 14.0. The summed E-state index contributed by atoms with van der Waals surface area (Å²) in [6.45, 7) is 4.68. The topological polar surface area (TPSA) is 119 Å². The SMILES string of the molecule is CC(C)n1ncnc1C(=O)N[C@H](c1cn2ccc([C@H](NC(=O)CC(C)C(F)(F)F)C3CC3)nc2n1)C1CCC(F)(F)CC1. The van der Waals surface area contributed by atoms with Crippen LogP contribution in [0.5, 0.6) is 0 Å². The summed E-state index contributed by atoms with van der Waals surface area (Å²) in [5.74, 6) is -5.70. The van der Waals surface area contributed by atoms with Gasteiger partial charge in [0.05, 0.1) is 29.4 Å². The summed E-state index contributed by atoms with van der Waals surface area (Å²) in [7, 11) is 0. The summed E-state index contributed by atoms with van der Waals surface area (Å²) in [6.07, 6.45) is 0.803. The highest BCUT2D eigenvalue weighted by atomic mass is 19.4. The number of aromatic nitrogens is 6. The average Bonchev–Trinajstić information content (AvgIpc) is 3.47. The number of fused-ring (bicyclic) bond motifs is 1. The molecule has 15 heteroatoms. The molecular formula is C28H35F5N8O2. The minimum Gasteiger partial charge on any atom is -0.347 e. The van der Waals surface area contributed by atoms with Gasteiger partial charge in [-0.05, 0) is 57.4 Å². The Morgan fingerprint density at radius 1 is 1.00 bits per heavy atom. The molecule has 0 aromatic carbocycles. The van der Waals surface area contributed by atoms with Crippen molar-refractivity contribution in [2.24, 2.45) is 17.8 Å². The molecule has 234 valence electrons. The number of amides is 2. The molecule has 10 nitrogen and oxygen atoms in total. The molecule has 3 aromatic rings. The summed E-state index contributed by atoms with van der Waals surface area (Å²) in [5.41, 5.74) is 0.887. The third-order valence-electron chi connectivity index (χ3n) is 8.25. The van der Waals surface area contributed by atoms with Gasteiger partial charge in [-0.15, -0.1) is 0 Å². The van der Waals surface area contributed by atoms with E-state index in [0.29, 0.717) is 11.4 Å². The minimum atomic E-state index is -4.47. The van der Waals surface area contributed by atoms with Crippen LogP contribution in [0.15, 0.2) is 24.8 Å². The van der Waals surface area contributed by atoms with E-state index in [4.69, 9.17) is 0 Å². The van der Waals surface area contributed by atoms with E-state index in [1.54, 1.807) is 22.9 Å². The van der Waals surface area contributed by atoms with Gasteiger partial charge in [0.1, 0.15) is 6.33 Å². The van der Waals surface area contributed by atoms with Gasteiger partial charge in [-0.2, -0.15) is 18.3 Å². The summed E-state index contributed by atoms with van der Waals surface area (Å²) < 4.78 is 70.1. The summed E-state index contributed by atoms with van der Waals surface area (Å²) >= 11 is 0. The van der Waals surface area contributed by atoms with E-state index < -0.39 is 48.3 Å². The first-order chi connectivity index (χ1) is 20.2. The number of rotatable bonds is 10. The Bertz CT molecular complexity index is 1450. The monoisotopic (exact) mass is 610 g/mol. The molecule has 3 heterocycles. The second-order valence-corrected chi connectivity index (χ2v) is 12.0. The standard InChI is InChI=1S/C28H35F5N8O2/c1-15(2)41-24(34-14-35-41)25(43)39-23(18-6-9-27(29,30)10-7-18)20-13-40-11-8-19(36-26(40)37-20)22(17-4-5-17)38-21(42)12-16(3)28(31,32)33/h8,11,13-18,22-23H,4-7,9-10,12H2,1-3H3,(H,38,42)(H,39,43)/t16?,22-,23+/m1/s1. The Hall–Kier alpha value is -3.65. The Kier molecular flexibility index (Phi) is 8.45. The highest BCUT2D eigenvalue weighted by Crippen LogP contribution is 2.42. The first-order valence-electron chi connectivity index (χ1n) is 14.5. The zero-order chi connectivity index (χ0) is 31.1. The van der Waals surface area contributed by atoms with Crippen molar-refractivity contribution >= 4 is 17.6 Å². The van der Waals surface area contributed by atoms with Crippen molar-refractivity contribution in [2.45, 2.75) is 95.9 Å². The van der Waals surface area contributed by atoms with Gasteiger partial charge in [-0.3, -0.25) is 14.0 Å². The number of nitrogens with zero attached hydrogens (tertiary/aromatic N) is 6. The van der Waals surface area contributed by atoms with Crippen LogP contribution in [0.25, 0.3) is 5.78 Å². The van der Waals surface area contributed by atoms with E-state index in [-0.39, 0.29) is 55.2 Å². The average molecular weight is 611 g/mol. The van der Waals surface area contributed by atoms with Crippen LogP contribution < -0.4 is 10.6 Å². The molecule has 2 amide bonds. The molecule has 5 rings (SSSR count). The lowest BCUT2D eigenvalue weighted by molar-refractivity contribution is -0.174. The van der Waals surface area contributed by atoms with E-state index in [1.165, 1.54) is 11.0 Å². The zero-order valence-corrected chi connectivity index (χ0v) is 24.1. The van der Waals surface area contributed by atoms with Gasteiger partial charge in [-0.25, -0.2) is 28.4 Å². The molecule has 2 aliphatic carbocycles. The number of carbonyl (C=O) groups excluding carboxylic acids is 2. The highest BCUT2D eigenvalue weighted by Gasteiger charge is 2.41. The molecule has 43 heavy (non-hydrogen) atoms. The molecule has 0 bridgehead atoms. The van der Waals surface area contributed by atoms with Gasteiger partial charge in [0, 0.05) is 37.7 Å². The number of hydrogen-bond acceptors (Lipinski definition) is 6. The first-order valence-corrected chi connectivity index (χ1v) is 14.5. The fraction of sp³-hybridized carbons (Fsp3) is 0.643. The number of alkyl halides is 5. The maximum absolute atomic E-state index is 14.0. The molecule has 0 aliphatic heterocycles. The van der Waals surface area contributed by atoms with E-state index in [9.17, 15) is 31.5 Å². The Morgan fingerprint density at radius 2 is 1.63 bits per heavy atom. The van der Waals surface area contributed by atoms with Crippen LogP contribution in [-0.4, -0.2) is 53.0 Å². The predicted molar refractivity (Wildman–Crippen MR) is 144 cm³/mol. The molecule has 2 N–H and O–H groups in total. The summed E-state index contributed by atoms with van der Waals surface area (Å²) in [6, 6.07) is 0.254. The van der Waals surface area contributed by atoms with Crippen molar-refractivity contribution in [3.63, 3.8) is 0 Å². The second kappa shape index (κ2) is 11.8. The predicted octanol–water partition coefficient (Wildman–Crippen LogP) is 5.35. The number of nitrogens with one attached hydrogen (secondary N) is 2. The molecule has 0 saturated heterocycles. The van der Waals surface area contributed by atoms with Crippen molar-refractivity contribution in [3.05, 3.63) is 42.0 Å². The van der Waals surface area contributed by atoms with E-state index in [1.807, 2.05) is 13.8 Å². The van der Waals surface area contributed by atoms with Crippen LogP contribution in [0.1, 0.15) is 106 Å². The molecule has 2 saturated carbocycles. The molecule has 2 aliphatic rings. The molecule has 0 spiro atoms. The van der Waals surface area contributed by atoms with Gasteiger partial charge >= 0.3 is 6.18 Å². The number of imidazole rings is 1. The van der Waals surface area contributed by atoms with Crippen molar-refractivity contribution in [1.29, 1.82) is 0 Å². The lowest BCUT2D eigenvalue weighted by atomic mass is 9.81. The lowest BCUT2D eigenvalue weighted by Gasteiger charge is -2.33. The number of carbonyl (C=O) groups is 2. The van der Waals surface area contributed by atoms with Crippen molar-refractivity contribution < 1.29 is 31.5 Å². The second-order valence-electron chi connectivity index (χ2n) is 12.0.